The van der Waals surface area contributed by atoms with Crippen molar-refractivity contribution in [3.8, 4) is 0 Å². The van der Waals surface area contributed by atoms with Gasteiger partial charge in [0.25, 0.3) is 0 Å². The molecule has 2 aromatic rings. The summed E-state index contributed by atoms with van der Waals surface area (Å²) in [6, 6.07) is 10.7. The second-order valence-corrected chi connectivity index (χ2v) is 5.12. The van der Waals surface area contributed by atoms with Crippen molar-refractivity contribution in [2.45, 2.75) is 32.7 Å². The topological polar surface area (TPSA) is 24.9 Å². The van der Waals surface area contributed by atoms with E-state index in [4.69, 9.17) is 11.6 Å². The van der Waals surface area contributed by atoms with Crippen LogP contribution in [0.4, 0.5) is 5.69 Å². The van der Waals surface area contributed by atoms with Gasteiger partial charge in [0.15, 0.2) is 0 Å². The van der Waals surface area contributed by atoms with Crippen LogP contribution in [0, 0.1) is 0 Å². The van der Waals surface area contributed by atoms with E-state index in [9.17, 15) is 0 Å². The summed E-state index contributed by atoms with van der Waals surface area (Å²) in [5.74, 6) is 0. The van der Waals surface area contributed by atoms with Crippen LogP contribution in [-0.4, -0.2) is 4.98 Å². The summed E-state index contributed by atoms with van der Waals surface area (Å²) in [5, 5.41) is 4.08. The minimum atomic E-state index is 0.206. The third kappa shape index (κ3) is 3.71. The molecule has 100 valence electrons. The van der Waals surface area contributed by atoms with Crippen LogP contribution in [0.3, 0.4) is 0 Å². The monoisotopic (exact) mass is 274 g/mol. The highest BCUT2D eigenvalue weighted by Gasteiger charge is 2.07. The van der Waals surface area contributed by atoms with Gasteiger partial charge in [-0.05, 0) is 30.5 Å². The standard InChI is InChI=1S/C16H19ClN2/c1-3-4-13-5-7-14(8-6-13)12(2)19-16-11-18-10-9-15(16)17/h5-12,19H,3-4H2,1-2H3. The fraction of sp³-hybridized carbons (Fsp3) is 0.312. The third-order valence-corrected chi connectivity index (χ3v) is 3.49. The third-order valence-electron chi connectivity index (χ3n) is 3.16. The molecule has 0 aliphatic rings. The smallest absolute Gasteiger partial charge is 0.0720 e. The molecule has 0 saturated heterocycles. The summed E-state index contributed by atoms with van der Waals surface area (Å²) in [4.78, 5) is 4.08. The number of anilines is 1. The molecule has 0 aliphatic heterocycles. The van der Waals surface area contributed by atoms with Crippen LogP contribution in [0.5, 0.6) is 0 Å². The summed E-state index contributed by atoms with van der Waals surface area (Å²) >= 11 is 6.12. The molecule has 0 radical (unpaired) electrons. The minimum Gasteiger partial charge on any atom is -0.376 e. The minimum absolute atomic E-state index is 0.206. The number of nitrogens with zero attached hydrogens (tertiary/aromatic N) is 1. The van der Waals surface area contributed by atoms with Crippen molar-refractivity contribution in [2.75, 3.05) is 5.32 Å². The van der Waals surface area contributed by atoms with Gasteiger partial charge in [-0.15, -0.1) is 0 Å². The van der Waals surface area contributed by atoms with Crippen LogP contribution in [0.1, 0.15) is 37.4 Å². The SMILES string of the molecule is CCCc1ccc(C(C)Nc2cnccc2Cl)cc1. The molecule has 1 unspecified atom stereocenters. The van der Waals surface area contributed by atoms with Crippen LogP contribution in [0.2, 0.25) is 5.02 Å². The van der Waals surface area contributed by atoms with Crippen molar-refractivity contribution in [1.82, 2.24) is 4.98 Å². The first-order chi connectivity index (χ1) is 9.20. The van der Waals surface area contributed by atoms with Crippen molar-refractivity contribution in [1.29, 1.82) is 0 Å². The van der Waals surface area contributed by atoms with E-state index in [1.807, 2.05) is 0 Å². The van der Waals surface area contributed by atoms with E-state index in [2.05, 4.69) is 48.4 Å². The van der Waals surface area contributed by atoms with Gasteiger partial charge in [0, 0.05) is 12.2 Å². The molecule has 1 aromatic carbocycles. The Bertz CT molecular complexity index is 523. The van der Waals surface area contributed by atoms with Crippen LogP contribution in [0.25, 0.3) is 0 Å². The molecule has 0 spiro atoms. The maximum absolute atomic E-state index is 6.12. The predicted molar refractivity (Wildman–Crippen MR) is 81.7 cm³/mol. The molecule has 1 N–H and O–H groups in total. The lowest BCUT2D eigenvalue weighted by atomic mass is 10.0. The van der Waals surface area contributed by atoms with Gasteiger partial charge in [-0.3, -0.25) is 4.98 Å². The molecule has 0 aliphatic carbocycles. The second-order valence-electron chi connectivity index (χ2n) is 4.71. The van der Waals surface area contributed by atoms with E-state index in [1.165, 1.54) is 17.5 Å². The van der Waals surface area contributed by atoms with Crippen molar-refractivity contribution >= 4 is 17.3 Å². The molecule has 1 heterocycles. The molecule has 1 atom stereocenters. The van der Waals surface area contributed by atoms with Crippen molar-refractivity contribution in [2.24, 2.45) is 0 Å². The molecule has 19 heavy (non-hydrogen) atoms. The Balaban J connectivity index is 2.07. The molecule has 0 saturated carbocycles. The van der Waals surface area contributed by atoms with E-state index < -0.39 is 0 Å². The first-order valence-corrected chi connectivity index (χ1v) is 7.03. The highest BCUT2D eigenvalue weighted by atomic mass is 35.5. The van der Waals surface area contributed by atoms with Crippen LogP contribution in [0.15, 0.2) is 42.7 Å². The van der Waals surface area contributed by atoms with Gasteiger partial charge >= 0.3 is 0 Å². The van der Waals surface area contributed by atoms with Crippen LogP contribution in [-0.2, 0) is 6.42 Å². The summed E-state index contributed by atoms with van der Waals surface area (Å²) in [6.07, 6.45) is 5.76. The molecule has 2 rings (SSSR count). The largest absolute Gasteiger partial charge is 0.376 e. The quantitative estimate of drug-likeness (QED) is 0.842. The van der Waals surface area contributed by atoms with Gasteiger partial charge in [-0.1, -0.05) is 49.2 Å². The zero-order valence-corrected chi connectivity index (χ0v) is 12.1. The molecule has 0 amide bonds. The number of aryl methyl sites for hydroxylation is 1. The first kappa shape index (κ1) is 13.9. The zero-order chi connectivity index (χ0) is 13.7. The Kier molecular flexibility index (Phi) is 4.80. The fourth-order valence-corrected chi connectivity index (χ4v) is 2.22. The Morgan fingerprint density at radius 1 is 1.21 bits per heavy atom. The van der Waals surface area contributed by atoms with E-state index in [-0.39, 0.29) is 6.04 Å². The molecular formula is C16H19ClN2. The van der Waals surface area contributed by atoms with Gasteiger partial charge < -0.3 is 5.32 Å². The number of rotatable bonds is 5. The van der Waals surface area contributed by atoms with Gasteiger partial charge in [0.2, 0.25) is 0 Å². The van der Waals surface area contributed by atoms with Crippen LogP contribution < -0.4 is 5.32 Å². The Morgan fingerprint density at radius 3 is 2.58 bits per heavy atom. The van der Waals surface area contributed by atoms with Crippen molar-refractivity contribution in [3.63, 3.8) is 0 Å². The lowest BCUT2D eigenvalue weighted by Crippen LogP contribution is -2.07. The Morgan fingerprint density at radius 2 is 1.95 bits per heavy atom. The number of aromatic nitrogens is 1. The lowest BCUT2D eigenvalue weighted by Gasteiger charge is -2.16. The maximum atomic E-state index is 6.12. The van der Waals surface area contributed by atoms with Crippen LogP contribution >= 0.6 is 11.6 Å². The number of nitrogens with one attached hydrogen (secondary N) is 1. The first-order valence-electron chi connectivity index (χ1n) is 6.65. The lowest BCUT2D eigenvalue weighted by molar-refractivity contribution is 0.875. The number of halogens is 1. The van der Waals surface area contributed by atoms with Gasteiger partial charge in [-0.2, -0.15) is 0 Å². The van der Waals surface area contributed by atoms with E-state index in [1.54, 1.807) is 18.5 Å². The van der Waals surface area contributed by atoms with Gasteiger partial charge in [0.05, 0.1) is 16.9 Å². The average Bonchev–Trinajstić information content (AvgIpc) is 2.42. The maximum Gasteiger partial charge on any atom is 0.0720 e. The summed E-state index contributed by atoms with van der Waals surface area (Å²) in [7, 11) is 0. The van der Waals surface area contributed by atoms with Gasteiger partial charge in [0.1, 0.15) is 0 Å². The highest BCUT2D eigenvalue weighted by molar-refractivity contribution is 6.33. The summed E-state index contributed by atoms with van der Waals surface area (Å²) in [6.45, 7) is 4.32. The highest BCUT2D eigenvalue weighted by Crippen LogP contribution is 2.25. The molecule has 2 nitrogen and oxygen atoms in total. The number of hydrogen-bond donors (Lipinski definition) is 1. The fourth-order valence-electron chi connectivity index (χ4n) is 2.06. The number of hydrogen-bond acceptors (Lipinski definition) is 2. The number of benzene rings is 1. The Labute approximate surface area is 119 Å². The van der Waals surface area contributed by atoms with E-state index in [0.29, 0.717) is 5.02 Å². The van der Waals surface area contributed by atoms with Crippen molar-refractivity contribution in [3.05, 3.63) is 58.9 Å². The normalized spacial score (nSPS) is 12.2. The average molecular weight is 275 g/mol. The second kappa shape index (κ2) is 6.58. The molecular weight excluding hydrogens is 256 g/mol. The Hall–Kier alpha value is -1.54. The molecule has 0 bridgehead atoms. The molecule has 3 heteroatoms. The van der Waals surface area contributed by atoms with Gasteiger partial charge in [-0.25, -0.2) is 0 Å². The summed E-state index contributed by atoms with van der Waals surface area (Å²) < 4.78 is 0. The van der Waals surface area contributed by atoms with Crippen molar-refractivity contribution < 1.29 is 0 Å². The molecule has 1 aromatic heterocycles. The summed E-state index contributed by atoms with van der Waals surface area (Å²) in [5.41, 5.74) is 3.51. The van der Waals surface area contributed by atoms with E-state index in [0.717, 1.165) is 12.1 Å². The molecule has 0 fully saturated rings. The van der Waals surface area contributed by atoms with E-state index >= 15 is 0 Å². The number of pyridine rings is 1. The zero-order valence-electron chi connectivity index (χ0n) is 11.4. The predicted octanol–water partition coefficient (Wildman–Crippen LogP) is 4.86.